The number of hydrogen-bond donors (Lipinski definition) is 3. The maximum Gasteiger partial charge on any atom is 0.251 e. The van der Waals surface area contributed by atoms with Crippen molar-refractivity contribution in [2.45, 2.75) is 44.3 Å². The monoisotopic (exact) mass is 366 g/mol. The lowest BCUT2D eigenvalue weighted by Crippen LogP contribution is -2.42. The second kappa shape index (κ2) is 7.36. The lowest BCUT2D eigenvalue weighted by Gasteiger charge is -2.21. The van der Waals surface area contributed by atoms with Crippen molar-refractivity contribution in [1.82, 2.24) is 15.6 Å². The fourth-order valence-corrected chi connectivity index (χ4v) is 3.78. The molecule has 7 nitrogen and oxygen atoms in total. The van der Waals surface area contributed by atoms with Crippen LogP contribution in [0.3, 0.4) is 0 Å². The summed E-state index contributed by atoms with van der Waals surface area (Å²) >= 11 is 0. The topological polar surface area (TPSA) is 92.3 Å². The van der Waals surface area contributed by atoms with E-state index in [1.807, 2.05) is 0 Å². The van der Waals surface area contributed by atoms with Crippen LogP contribution >= 0.6 is 0 Å². The molecule has 27 heavy (non-hydrogen) atoms. The second-order valence-corrected chi connectivity index (χ2v) is 7.05. The van der Waals surface area contributed by atoms with Crippen LogP contribution in [0.1, 0.15) is 36.5 Å². The Morgan fingerprint density at radius 1 is 1.19 bits per heavy atom. The average molecular weight is 366 g/mol. The summed E-state index contributed by atoms with van der Waals surface area (Å²) in [5.41, 5.74) is 1.22. The summed E-state index contributed by atoms with van der Waals surface area (Å²) in [5, 5.41) is 9.33. The van der Waals surface area contributed by atoms with Crippen molar-refractivity contribution in [2.75, 3.05) is 5.32 Å². The number of ether oxygens (including phenoxy) is 1. The van der Waals surface area contributed by atoms with Gasteiger partial charge in [0.15, 0.2) is 0 Å². The number of fused-ring (bicyclic) bond motifs is 2. The van der Waals surface area contributed by atoms with E-state index in [4.69, 9.17) is 4.74 Å². The molecule has 0 unspecified atom stereocenters. The van der Waals surface area contributed by atoms with Crippen LogP contribution < -0.4 is 20.7 Å². The minimum Gasteiger partial charge on any atom is -0.439 e. The smallest absolute Gasteiger partial charge is 0.251 e. The number of carbonyl (C=O) groups is 2. The molecule has 4 rings (SSSR count). The van der Waals surface area contributed by atoms with Gasteiger partial charge in [0.05, 0.1) is 0 Å². The molecule has 2 saturated heterocycles. The van der Waals surface area contributed by atoms with E-state index >= 15 is 0 Å². The van der Waals surface area contributed by atoms with E-state index in [2.05, 4.69) is 20.9 Å². The maximum absolute atomic E-state index is 12.5. The third kappa shape index (κ3) is 4.09. The molecule has 140 valence electrons. The standard InChI is InChI=1S/C20H22N4O3/c1-12(25)22-15-8-9-21-19(11-15)27-16-5-2-13(3-6-16)20(26)24-18-10-14-4-7-17(18)23-14/h2-3,5-6,8-9,11,14,17-18,23H,4,7,10H2,1H3,(H,24,26)(H,21,22,25)/t14-,17+,18-/m1/s1. The van der Waals surface area contributed by atoms with Gasteiger partial charge in [-0.2, -0.15) is 0 Å². The molecule has 3 atom stereocenters. The number of rotatable bonds is 5. The molecular weight excluding hydrogens is 344 g/mol. The van der Waals surface area contributed by atoms with Gasteiger partial charge >= 0.3 is 0 Å². The lowest BCUT2D eigenvalue weighted by molar-refractivity contribution is -0.114. The Hall–Kier alpha value is -2.93. The zero-order valence-electron chi connectivity index (χ0n) is 15.1. The largest absolute Gasteiger partial charge is 0.439 e. The van der Waals surface area contributed by atoms with Crippen LogP contribution in [0.15, 0.2) is 42.6 Å². The van der Waals surface area contributed by atoms with E-state index in [9.17, 15) is 9.59 Å². The third-order valence-electron chi connectivity index (χ3n) is 5.01. The molecule has 0 spiro atoms. The van der Waals surface area contributed by atoms with E-state index in [0.717, 1.165) is 12.8 Å². The SMILES string of the molecule is CC(=O)Nc1ccnc(Oc2ccc(C(=O)N[C@@H]3C[C@H]4CC[C@@H]3N4)cc2)c1. The normalized spacial score (nSPS) is 23.1. The van der Waals surface area contributed by atoms with Crippen molar-refractivity contribution in [3.63, 3.8) is 0 Å². The highest BCUT2D eigenvalue weighted by Crippen LogP contribution is 2.28. The summed E-state index contributed by atoms with van der Waals surface area (Å²) in [6.07, 6.45) is 4.91. The number of pyridine rings is 1. The van der Waals surface area contributed by atoms with Crippen molar-refractivity contribution >= 4 is 17.5 Å². The molecule has 2 aromatic rings. The van der Waals surface area contributed by atoms with Crippen molar-refractivity contribution in [1.29, 1.82) is 0 Å². The van der Waals surface area contributed by atoms with Gasteiger partial charge in [-0.15, -0.1) is 0 Å². The third-order valence-corrected chi connectivity index (χ3v) is 5.01. The van der Waals surface area contributed by atoms with E-state index in [-0.39, 0.29) is 17.9 Å². The molecule has 3 heterocycles. The van der Waals surface area contributed by atoms with Crippen LogP contribution in [0.4, 0.5) is 5.69 Å². The van der Waals surface area contributed by atoms with Gasteiger partial charge in [0.2, 0.25) is 11.8 Å². The summed E-state index contributed by atoms with van der Waals surface area (Å²) < 4.78 is 5.70. The molecule has 0 aliphatic carbocycles. The molecule has 0 saturated carbocycles. The molecule has 1 aromatic heterocycles. The van der Waals surface area contributed by atoms with Crippen molar-refractivity contribution in [3.05, 3.63) is 48.2 Å². The molecule has 2 aliphatic rings. The first-order valence-corrected chi connectivity index (χ1v) is 9.15. The fourth-order valence-electron chi connectivity index (χ4n) is 3.78. The first kappa shape index (κ1) is 17.5. The summed E-state index contributed by atoms with van der Waals surface area (Å²) in [5.74, 6) is 0.715. The van der Waals surface area contributed by atoms with Gasteiger partial charge in [0, 0.05) is 48.6 Å². The average Bonchev–Trinajstić information content (AvgIpc) is 3.25. The molecular formula is C20H22N4O3. The molecule has 2 aliphatic heterocycles. The zero-order chi connectivity index (χ0) is 18.8. The number of anilines is 1. The fraction of sp³-hybridized carbons (Fsp3) is 0.350. The van der Waals surface area contributed by atoms with Crippen LogP contribution in [-0.2, 0) is 4.79 Å². The highest BCUT2D eigenvalue weighted by atomic mass is 16.5. The summed E-state index contributed by atoms with van der Waals surface area (Å²) in [6.45, 7) is 1.44. The van der Waals surface area contributed by atoms with Gasteiger partial charge in [-0.3, -0.25) is 9.59 Å². The number of amides is 2. The Bertz CT molecular complexity index is 853. The van der Waals surface area contributed by atoms with Crippen LogP contribution in [-0.4, -0.2) is 34.9 Å². The highest BCUT2D eigenvalue weighted by molar-refractivity contribution is 5.94. The van der Waals surface area contributed by atoms with Crippen molar-refractivity contribution in [2.24, 2.45) is 0 Å². The van der Waals surface area contributed by atoms with Crippen LogP contribution in [0.2, 0.25) is 0 Å². The number of carbonyl (C=O) groups excluding carboxylic acids is 2. The van der Waals surface area contributed by atoms with Gasteiger partial charge in [-0.05, 0) is 49.6 Å². The van der Waals surface area contributed by atoms with Gasteiger partial charge in [0.1, 0.15) is 5.75 Å². The molecule has 2 amide bonds. The Balaban J connectivity index is 1.37. The molecule has 0 radical (unpaired) electrons. The molecule has 3 N–H and O–H groups in total. The second-order valence-electron chi connectivity index (χ2n) is 7.05. The Morgan fingerprint density at radius 3 is 2.67 bits per heavy atom. The number of benzene rings is 1. The predicted octanol–water partition coefficient (Wildman–Crippen LogP) is 2.46. The Kier molecular flexibility index (Phi) is 4.77. The van der Waals surface area contributed by atoms with Gasteiger partial charge in [-0.1, -0.05) is 0 Å². The zero-order valence-corrected chi connectivity index (χ0v) is 15.1. The van der Waals surface area contributed by atoms with Crippen molar-refractivity contribution < 1.29 is 14.3 Å². The van der Waals surface area contributed by atoms with Gasteiger partial charge < -0.3 is 20.7 Å². The molecule has 2 bridgehead atoms. The maximum atomic E-state index is 12.5. The van der Waals surface area contributed by atoms with Gasteiger partial charge in [0.25, 0.3) is 5.91 Å². The van der Waals surface area contributed by atoms with Crippen molar-refractivity contribution in [3.8, 4) is 11.6 Å². The number of nitrogens with zero attached hydrogens (tertiary/aromatic N) is 1. The number of nitrogens with one attached hydrogen (secondary N) is 3. The highest BCUT2D eigenvalue weighted by Gasteiger charge is 2.39. The minimum absolute atomic E-state index is 0.0633. The van der Waals surface area contributed by atoms with E-state index in [1.165, 1.54) is 13.3 Å². The Labute approximate surface area is 157 Å². The van der Waals surface area contributed by atoms with E-state index in [1.54, 1.807) is 42.6 Å². The summed E-state index contributed by atoms with van der Waals surface area (Å²) in [7, 11) is 0. The van der Waals surface area contributed by atoms with E-state index in [0.29, 0.717) is 35.0 Å². The van der Waals surface area contributed by atoms with Crippen LogP contribution in [0.25, 0.3) is 0 Å². The molecule has 1 aromatic carbocycles. The first-order chi connectivity index (χ1) is 13.1. The summed E-state index contributed by atoms with van der Waals surface area (Å²) in [4.78, 5) is 27.7. The number of hydrogen-bond acceptors (Lipinski definition) is 5. The van der Waals surface area contributed by atoms with Crippen LogP contribution in [0.5, 0.6) is 11.6 Å². The lowest BCUT2D eigenvalue weighted by atomic mass is 9.95. The first-order valence-electron chi connectivity index (χ1n) is 9.15. The molecule has 7 heteroatoms. The van der Waals surface area contributed by atoms with Gasteiger partial charge in [-0.25, -0.2) is 4.98 Å². The summed E-state index contributed by atoms with van der Waals surface area (Å²) in [6, 6.07) is 11.5. The quantitative estimate of drug-likeness (QED) is 0.756. The number of aromatic nitrogens is 1. The van der Waals surface area contributed by atoms with E-state index < -0.39 is 0 Å². The minimum atomic E-state index is -0.159. The predicted molar refractivity (Wildman–Crippen MR) is 101 cm³/mol. The van der Waals surface area contributed by atoms with Crippen LogP contribution in [0, 0.1) is 0 Å². The molecule has 2 fully saturated rings. The Morgan fingerprint density at radius 2 is 2.00 bits per heavy atom.